The average Bonchev–Trinajstić information content (AvgIpc) is 3.88. The fraction of sp³-hybridized carbons (Fsp3) is 0.974. The lowest BCUT2D eigenvalue weighted by Gasteiger charge is -2.63. The van der Waals surface area contributed by atoms with E-state index in [1.165, 1.54) is 51.4 Å². The van der Waals surface area contributed by atoms with E-state index in [1.54, 1.807) is 0 Å². The van der Waals surface area contributed by atoms with Crippen molar-refractivity contribution in [3.05, 3.63) is 0 Å². The van der Waals surface area contributed by atoms with Crippen molar-refractivity contribution in [1.29, 1.82) is 0 Å². The highest BCUT2D eigenvalue weighted by molar-refractivity contribution is 5.74. The molecule has 0 N–H and O–H groups in total. The molecule has 6 aliphatic carbocycles. The van der Waals surface area contributed by atoms with Crippen molar-refractivity contribution >= 4 is 5.97 Å². The van der Waals surface area contributed by atoms with E-state index in [1.807, 2.05) is 0 Å². The number of carbonyl (C=O) groups excluding carboxylic acids is 1. The number of hydrogen-bond acceptors (Lipinski definition) is 7. The topological polar surface area (TPSA) is 66.5 Å². The van der Waals surface area contributed by atoms with Crippen LogP contribution < -0.4 is 0 Å². The Morgan fingerprint density at radius 3 is 2.47 bits per heavy atom. The van der Waals surface area contributed by atoms with Crippen LogP contribution in [-0.4, -0.2) is 81.0 Å². The summed E-state index contributed by atoms with van der Waals surface area (Å²) in [5.74, 6) is 2.92. The molecule has 252 valence electrons. The van der Waals surface area contributed by atoms with Crippen molar-refractivity contribution in [3.8, 4) is 0 Å². The van der Waals surface area contributed by atoms with Crippen molar-refractivity contribution < 1.29 is 28.5 Å². The van der Waals surface area contributed by atoms with Crippen molar-refractivity contribution in [3.63, 3.8) is 0 Å². The van der Waals surface area contributed by atoms with Crippen molar-refractivity contribution in [2.24, 2.45) is 56.7 Å². The molecule has 6 saturated carbocycles. The summed E-state index contributed by atoms with van der Waals surface area (Å²) in [7, 11) is 0. The molecule has 9 rings (SSSR count). The largest absolute Gasteiger partial charge is 0.463 e. The zero-order valence-corrected chi connectivity index (χ0v) is 28.7. The Morgan fingerprint density at radius 1 is 0.933 bits per heavy atom. The summed E-state index contributed by atoms with van der Waals surface area (Å²) in [4.78, 5) is 14.8. The first kappa shape index (κ1) is 30.3. The summed E-state index contributed by atoms with van der Waals surface area (Å²) >= 11 is 0. The van der Waals surface area contributed by atoms with Gasteiger partial charge in [-0.1, -0.05) is 34.6 Å². The molecule has 12 atom stereocenters. The van der Waals surface area contributed by atoms with Gasteiger partial charge in [-0.05, 0) is 121 Å². The highest BCUT2D eigenvalue weighted by Gasteiger charge is 2.83. The molecule has 10 unspecified atom stereocenters. The molecular weight excluding hydrogens is 566 g/mol. The van der Waals surface area contributed by atoms with Gasteiger partial charge in [-0.3, -0.25) is 9.69 Å². The van der Waals surface area contributed by atoms with E-state index < -0.39 is 0 Å². The number of rotatable bonds is 6. The molecule has 0 aromatic rings. The van der Waals surface area contributed by atoms with E-state index >= 15 is 0 Å². The van der Waals surface area contributed by atoms with Crippen LogP contribution in [-0.2, 0) is 28.5 Å². The number of nitrogens with zero attached hydrogens (tertiary/aromatic N) is 1. The van der Waals surface area contributed by atoms with Crippen LogP contribution in [0.25, 0.3) is 0 Å². The minimum absolute atomic E-state index is 0.00479. The summed E-state index contributed by atoms with van der Waals surface area (Å²) in [5, 5.41) is 0. The minimum Gasteiger partial charge on any atom is -0.463 e. The van der Waals surface area contributed by atoms with Gasteiger partial charge in [0.2, 0.25) is 0 Å². The summed E-state index contributed by atoms with van der Waals surface area (Å²) in [6.07, 6.45) is 14.1. The zero-order valence-electron chi connectivity index (χ0n) is 28.7. The molecule has 9 aliphatic rings. The summed E-state index contributed by atoms with van der Waals surface area (Å²) in [6, 6.07) is 0.547. The Balaban J connectivity index is 0.908. The quantitative estimate of drug-likeness (QED) is 0.325. The third kappa shape index (κ3) is 4.21. The summed E-state index contributed by atoms with van der Waals surface area (Å²) in [5.41, 5.74) is 1.79. The van der Waals surface area contributed by atoms with Crippen LogP contribution in [0, 0.1) is 56.7 Å². The van der Waals surface area contributed by atoms with E-state index in [-0.39, 0.29) is 35.8 Å². The van der Waals surface area contributed by atoms with Crippen LogP contribution in [0.3, 0.4) is 0 Å². The lowest BCUT2D eigenvalue weighted by atomic mass is 9.41. The van der Waals surface area contributed by atoms with Gasteiger partial charge in [0.1, 0.15) is 6.61 Å². The molecule has 0 aromatic carbocycles. The third-order valence-corrected chi connectivity index (χ3v) is 16.5. The predicted molar refractivity (Wildman–Crippen MR) is 169 cm³/mol. The maximum Gasteiger partial charge on any atom is 0.309 e. The molecule has 0 amide bonds. The molecule has 7 heteroatoms. The Bertz CT molecular complexity index is 1200. The maximum absolute atomic E-state index is 12.3. The Labute approximate surface area is 271 Å². The van der Waals surface area contributed by atoms with Crippen LogP contribution >= 0.6 is 0 Å². The molecule has 0 aromatic heterocycles. The van der Waals surface area contributed by atoms with Crippen LogP contribution in [0.1, 0.15) is 105 Å². The molecule has 9 fully saturated rings. The lowest BCUT2D eigenvalue weighted by Crippen LogP contribution is -2.59. The van der Waals surface area contributed by atoms with Gasteiger partial charge in [0, 0.05) is 6.54 Å². The third-order valence-electron chi connectivity index (χ3n) is 16.5. The second-order valence-corrected chi connectivity index (χ2v) is 18.6. The maximum atomic E-state index is 12.3. The second-order valence-electron chi connectivity index (χ2n) is 18.6. The van der Waals surface area contributed by atoms with Crippen LogP contribution in [0.5, 0.6) is 0 Å². The van der Waals surface area contributed by atoms with Crippen LogP contribution in [0.2, 0.25) is 0 Å². The molecule has 2 spiro atoms. The number of fused-ring (bicyclic) bond motifs is 4. The number of ether oxygens (including phenoxy) is 5. The number of esters is 1. The normalized spacial score (nSPS) is 53.6. The fourth-order valence-corrected chi connectivity index (χ4v) is 14.0. The Kier molecular flexibility index (Phi) is 6.84. The van der Waals surface area contributed by atoms with Gasteiger partial charge >= 0.3 is 5.97 Å². The van der Waals surface area contributed by atoms with Gasteiger partial charge in [-0.15, -0.1) is 0 Å². The van der Waals surface area contributed by atoms with E-state index in [2.05, 4.69) is 39.5 Å². The molecule has 3 heterocycles. The Morgan fingerprint density at radius 2 is 1.71 bits per heavy atom. The van der Waals surface area contributed by atoms with Gasteiger partial charge in [-0.25, -0.2) is 0 Å². The predicted octanol–water partition coefficient (Wildman–Crippen LogP) is 6.22. The number of morpholine rings is 1. The van der Waals surface area contributed by atoms with Gasteiger partial charge in [0.15, 0.2) is 6.29 Å². The van der Waals surface area contributed by atoms with Crippen molar-refractivity contribution in [2.75, 3.05) is 39.5 Å². The van der Waals surface area contributed by atoms with Gasteiger partial charge in [0.25, 0.3) is 0 Å². The van der Waals surface area contributed by atoms with Gasteiger partial charge in [0.05, 0.1) is 56.6 Å². The molecular formula is C38H59NO6. The molecule has 0 bridgehead atoms. The second kappa shape index (κ2) is 10.2. The highest BCUT2D eigenvalue weighted by atomic mass is 16.7. The zero-order chi connectivity index (χ0) is 31.0. The lowest BCUT2D eigenvalue weighted by molar-refractivity contribution is -0.255. The van der Waals surface area contributed by atoms with E-state index in [0.717, 1.165) is 64.0 Å². The van der Waals surface area contributed by atoms with Crippen LogP contribution in [0.4, 0.5) is 0 Å². The minimum atomic E-state index is -0.110. The molecule has 0 radical (unpaired) electrons. The molecule has 3 aliphatic heterocycles. The van der Waals surface area contributed by atoms with Crippen LogP contribution in [0.15, 0.2) is 0 Å². The SMILES string of the molecule is C[C@@H]1CC(COC(=O)C2CC2)OC2C[C@@]3(C)C4CCC5C(C)(C)C(OC6CN(C7COC7)CCO6)CCC56CC46CCC3(C)C21. The smallest absolute Gasteiger partial charge is 0.309 e. The van der Waals surface area contributed by atoms with E-state index in [0.29, 0.717) is 52.2 Å². The standard InChI is InChI=1S/C38H59NO6/c1-23-16-26(21-43-33(40)24-6-7-24)44-27-17-36(5)29-9-8-28-34(2,3)30(45-31-18-39(14-15-42-31)25-19-41-20-25)10-11-37(28)22-38(29,37)13-12-35(36,4)32(23)27/h23-32H,6-22H2,1-5H3/t23-,26?,27?,28?,29?,30?,31?,32?,35?,36+,37?,38?/m1/s1. The fourth-order valence-electron chi connectivity index (χ4n) is 14.0. The average molecular weight is 626 g/mol. The van der Waals surface area contributed by atoms with E-state index in [9.17, 15) is 4.79 Å². The summed E-state index contributed by atoms with van der Waals surface area (Å²) < 4.78 is 31.3. The molecule has 45 heavy (non-hydrogen) atoms. The number of hydrogen-bond donors (Lipinski definition) is 0. The monoisotopic (exact) mass is 625 g/mol. The highest BCUT2D eigenvalue weighted by Crippen LogP contribution is 2.89. The first-order valence-electron chi connectivity index (χ1n) is 18.9. The number of carbonyl (C=O) groups is 1. The van der Waals surface area contributed by atoms with Crippen molar-refractivity contribution in [1.82, 2.24) is 4.90 Å². The Hall–Kier alpha value is -0.730. The van der Waals surface area contributed by atoms with Gasteiger partial charge < -0.3 is 23.7 Å². The molecule has 3 saturated heterocycles. The molecule has 7 nitrogen and oxygen atoms in total. The van der Waals surface area contributed by atoms with Gasteiger partial charge in [-0.2, -0.15) is 0 Å². The van der Waals surface area contributed by atoms with Crippen molar-refractivity contribution in [2.45, 2.75) is 136 Å². The van der Waals surface area contributed by atoms with E-state index in [4.69, 9.17) is 23.7 Å². The summed E-state index contributed by atoms with van der Waals surface area (Å²) in [6.45, 7) is 17.7. The first-order chi connectivity index (χ1) is 21.5. The first-order valence-corrected chi connectivity index (χ1v) is 18.9.